The summed E-state index contributed by atoms with van der Waals surface area (Å²) < 4.78 is 23.5. The van der Waals surface area contributed by atoms with Crippen LogP contribution in [-0.4, -0.2) is 72.7 Å². The van der Waals surface area contributed by atoms with Crippen LogP contribution in [0.4, 0.5) is 16.2 Å². The molecule has 0 saturated carbocycles. The molecule has 1 N–H and O–H groups in total. The van der Waals surface area contributed by atoms with Crippen LogP contribution in [0.25, 0.3) is 16.7 Å². The normalized spacial score (nSPS) is 13.1. The number of nitro groups is 1. The Morgan fingerprint density at radius 2 is 1.72 bits per heavy atom. The van der Waals surface area contributed by atoms with E-state index >= 15 is 0 Å². The molecule has 0 unspecified atom stereocenters. The maximum Gasteiger partial charge on any atom is 0.415 e. The van der Waals surface area contributed by atoms with Crippen LogP contribution in [0.15, 0.2) is 79.1 Å². The van der Waals surface area contributed by atoms with Crippen molar-refractivity contribution in [2.75, 3.05) is 46.7 Å². The minimum absolute atomic E-state index is 0.0678. The Hall–Kier alpha value is -5.62. The first-order valence-electron chi connectivity index (χ1n) is 16.2. The van der Waals surface area contributed by atoms with E-state index in [1.165, 1.54) is 25.3 Å². The van der Waals surface area contributed by atoms with Crippen LogP contribution < -0.4 is 24.3 Å². The number of aromatic nitrogens is 1. The van der Waals surface area contributed by atoms with Gasteiger partial charge in [0.05, 0.1) is 37.3 Å². The number of rotatable bonds is 13. The summed E-state index contributed by atoms with van der Waals surface area (Å²) in [5, 5.41) is 15.1. The number of pyridine rings is 1. The van der Waals surface area contributed by atoms with Gasteiger partial charge in [-0.3, -0.25) is 15.1 Å². The van der Waals surface area contributed by atoms with Gasteiger partial charge in [0.1, 0.15) is 18.1 Å². The minimum Gasteiger partial charge on any atom is -0.496 e. The minimum atomic E-state index is -0.492. The highest BCUT2D eigenvalue weighted by molar-refractivity contribution is 5.88. The van der Waals surface area contributed by atoms with Crippen molar-refractivity contribution in [1.82, 2.24) is 14.8 Å². The maximum absolute atomic E-state index is 13.5. The molecule has 0 spiro atoms. The number of nitro benzene ring substituents is 1. The van der Waals surface area contributed by atoms with Gasteiger partial charge in [0.25, 0.3) is 5.69 Å². The molecule has 1 aromatic heterocycles. The smallest absolute Gasteiger partial charge is 0.415 e. The monoisotopic (exact) mass is 681 g/mol. The number of ether oxygens (including phenoxy) is 4. The van der Waals surface area contributed by atoms with Gasteiger partial charge in [0.2, 0.25) is 0 Å². The molecule has 12 heteroatoms. The van der Waals surface area contributed by atoms with E-state index in [2.05, 4.69) is 37.1 Å². The maximum atomic E-state index is 13.5. The lowest BCUT2D eigenvalue weighted by molar-refractivity contribution is -0.385. The number of nitrogens with one attached hydrogen (secondary N) is 1. The number of non-ortho nitro benzene ring substituents is 1. The Kier molecular flexibility index (Phi) is 10.9. The second-order valence-corrected chi connectivity index (χ2v) is 12.9. The van der Waals surface area contributed by atoms with E-state index in [0.29, 0.717) is 36.9 Å². The van der Waals surface area contributed by atoms with Crippen molar-refractivity contribution in [3.05, 3.63) is 106 Å². The number of carbonyl (C=O) groups is 1. The summed E-state index contributed by atoms with van der Waals surface area (Å²) in [6, 6.07) is 17.3. The first-order chi connectivity index (χ1) is 23.9. The van der Waals surface area contributed by atoms with Gasteiger partial charge in [0, 0.05) is 60.0 Å². The molecular formula is C38H43N5O7. The van der Waals surface area contributed by atoms with E-state index < -0.39 is 11.0 Å². The predicted octanol–water partition coefficient (Wildman–Crippen LogP) is 7.42. The molecule has 1 amide bonds. The van der Waals surface area contributed by atoms with E-state index in [1.54, 1.807) is 36.5 Å². The third-order valence-electron chi connectivity index (χ3n) is 8.31. The van der Waals surface area contributed by atoms with Crippen molar-refractivity contribution in [1.29, 1.82) is 0 Å². The average molecular weight is 682 g/mol. The van der Waals surface area contributed by atoms with Gasteiger partial charge in [-0.05, 0) is 81.9 Å². The van der Waals surface area contributed by atoms with Crippen LogP contribution in [-0.2, 0) is 13.2 Å². The van der Waals surface area contributed by atoms with Crippen LogP contribution in [0.2, 0.25) is 0 Å². The molecule has 50 heavy (non-hydrogen) atoms. The topological polar surface area (TPSA) is 129 Å². The van der Waals surface area contributed by atoms with Gasteiger partial charge < -0.3 is 34.1 Å². The van der Waals surface area contributed by atoms with E-state index in [4.69, 9.17) is 18.9 Å². The van der Waals surface area contributed by atoms with Crippen molar-refractivity contribution in [3.63, 3.8) is 0 Å². The molecular weight excluding hydrogens is 638 g/mol. The molecule has 0 saturated heterocycles. The number of carbonyl (C=O) groups excluding carboxylic acids is 1. The molecule has 12 nitrogen and oxygen atoms in total. The van der Waals surface area contributed by atoms with Gasteiger partial charge in [-0.25, -0.2) is 4.79 Å². The Morgan fingerprint density at radius 3 is 2.40 bits per heavy atom. The van der Waals surface area contributed by atoms with Crippen molar-refractivity contribution < 1.29 is 28.7 Å². The number of hydrogen-bond donors (Lipinski definition) is 1. The summed E-state index contributed by atoms with van der Waals surface area (Å²) in [5.41, 5.74) is 5.84. The van der Waals surface area contributed by atoms with E-state index in [0.717, 1.165) is 39.1 Å². The van der Waals surface area contributed by atoms with Crippen LogP contribution in [0, 0.1) is 10.1 Å². The first-order valence-corrected chi connectivity index (χ1v) is 16.2. The number of allylic oxidation sites excluding steroid dienone is 1. The molecule has 0 aliphatic carbocycles. The standard InChI is InChI=1S/C38H43N5O7/c1-25-21-38(2,3)40-32-14-13-29(31(36(25)32)24-49-35-19-27(43(45)46)10-15-33(35)47-6)30-12-11-28(20-34(30)48-7)50-37(44)42(18-17-41(4)5)23-26-9-8-16-39-22-26/h8-16,19-22,40H,17-18,23-24H2,1-7H3. The number of benzene rings is 3. The number of hydrogen-bond acceptors (Lipinski definition) is 10. The van der Waals surface area contributed by atoms with Gasteiger partial charge in [0.15, 0.2) is 11.5 Å². The highest BCUT2D eigenvalue weighted by atomic mass is 16.6. The average Bonchev–Trinajstić information content (AvgIpc) is 3.08. The number of methoxy groups -OCH3 is 2. The summed E-state index contributed by atoms with van der Waals surface area (Å²) >= 11 is 0. The first kappa shape index (κ1) is 35.7. The zero-order chi connectivity index (χ0) is 36.0. The van der Waals surface area contributed by atoms with E-state index in [1.807, 2.05) is 49.3 Å². The van der Waals surface area contributed by atoms with Crippen LogP contribution in [0.3, 0.4) is 0 Å². The summed E-state index contributed by atoms with van der Waals surface area (Å²) in [6.07, 6.45) is 5.09. The summed E-state index contributed by atoms with van der Waals surface area (Å²) in [4.78, 5) is 32.4. The number of likely N-dealkylation sites (N-methyl/N-ethyl adjacent to an activating group) is 1. The van der Waals surface area contributed by atoms with Gasteiger partial charge in [-0.15, -0.1) is 0 Å². The Bertz CT molecular complexity index is 1890. The Morgan fingerprint density at radius 1 is 0.960 bits per heavy atom. The SMILES string of the molecule is COc1ccc([N+](=O)[O-])cc1OCc1c(-c2ccc(OC(=O)N(CCN(C)C)Cc3cccnc3)cc2OC)ccc2c1C(C)=CC(C)(C)N2. The van der Waals surface area contributed by atoms with Crippen molar-refractivity contribution in [3.8, 4) is 34.1 Å². The van der Waals surface area contributed by atoms with Crippen molar-refractivity contribution in [2.24, 2.45) is 0 Å². The second kappa shape index (κ2) is 15.3. The fourth-order valence-electron chi connectivity index (χ4n) is 6.03. The highest BCUT2D eigenvalue weighted by Crippen LogP contribution is 2.44. The third-order valence-corrected chi connectivity index (χ3v) is 8.31. The molecule has 5 rings (SSSR count). The molecule has 3 aromatic carbocycles. The molecule has 4 aromatic rings. The van der Waals surface area contributed by atoms with Gasteiger partial charge in [-0.2, -0.15) is 0 Å². The number of anilines is 1. The number of nitrogens with zero attached hydrogens (tertiary/aromatic N) is 4. The third kappa shape index (κ3) is 8.32. The summed E-state index contributed by atoms with van der Waals surface area (Å²) in [7, 11) is 6.95. The largest absolute Gasteiger partial charge is 0.496 e. The van der Waals surface area contributed by atoms with Crippen LogP contribution in [0.5, 0.6) is 23.0 Å². The molecule has 1 aliphatic rings. The molecule has 0 radical (unpaired) electrons. The van der Waals surface area contributed by atoms with Gasteiger partial charge in [-0.1, -0.05) is 18.2 Å². The van der Waals surface area contributed by atoms with Crippen molar-refractivity contribution >= 4 is 23.0 Å². The highest BCUT2D eigenvalue weighted by Gasteiger charge is 2.28. The molecule has 262 valence electrons. The number of amides is 1. The molecule has 1 aliphatic heterocycles. The van der Waals surface area contributed by atoms with E-state index in [-0.39, 0.29) is 23.6 Å². The lowest BCUT2D eigenvalue weighted by Gasteiger charge is -2.33. The van der Waals surface area contributed by atoms with Crippen LogP contribution >= 0.6 is 0 Å². The second-order valence-electron chi connectivity index (χ2n) is 12.9. The number of fused-ring (bicyclic) bond motifs is 1. The fourth-order valence-corrected chi connectivity index (χ4v) is 6.03. The molecule has 0 fully saturated rings. The van der Waals surface area contributed by atoms with Gasteiger partial charge >= 0.3 is 6.09 Å². The zero-order valence-corrected chi connectivity index (χ0v) is 29.5. The van der Waals surface area contributed by atoms with Crippen molar-refractivity contribution in [2.45, 2.75) is 39.5 Å². The Labute approximate surface area is 292 Å². The van der Waals surface area contributed by atoms with Crippen LogP contribution in [0.1, 0.15) is 37.5 Å². The predicted molar refractivity (Wildman–Crippen MR) is 193 cm³/mol. The van der Waals surface area contributed by atoms with E-state index in [9.17, 15) is 14.9 Å². The molecule has 0 atom stereocenters. The Balaban J connectivity index is 1.51. The quantitative estimate of drug-likeness (QED) is 0.112. The fraction of sp³-hybridized carbons (Fsp3) is 0.316. The molecule has 2 heterocycles. The lowest BCUT2D eigenvalue weighted by atomic mass is 9.85. The summed E-state index contributed by atoms with van der Waals surface area (Å²) in [5.74, 6) is 1.44. The molecule has 0 bridgehead atoms. The summed E-state index contributed by atoms with van der Waals surface area (Å²) in [6.45, 7) is 7.78. The zero-order valence-electron chi connectivity index (χ0n) is 29.5. The lowest BCUT2D eigenvalue weighted by Crippen LogP contribution is -2.38.